The largest absolute Gasteiger partial charge is 0.355 e. The average Bonchev–Trinajstić information content (AvgIpc) is 2.75. The smallest absolute Gasteiger partial charge is 0.0464 e. The second kappa shape index (κ2) is 15.7. The van der Waals surface area contributed by atoms with Gasteiger partial charge in [-0.25, -0.2) is 0 Å². The summed E-state index contributed by atoms with van der Waals surface area (Å²) in [6.45, 7) is 12.2. The number of rotatable bonds is 6. The molecule has 0 saturated heterocycles. The lowest BCUT2D eigenvalue weighted by atomic mass is 9.92. The fourth-order valence-electron chi connectivity index (χ4n) is 2.37. The van der Waals surface area contributed by atoms with Crippen LogP contribution in [0, 0.1) is 12.3 Å². The van der Waals surface area contributed by atoms with E-state index < -0.39 is 0 Å². The maximum Gasteiger partial charge on any atom is 0.0464 e. The standard InChI is InChI=1S/C20H23ClN2S.C3H4.CH5N/c1-5-17(21)11-12-18-14(2)19(16-9-7-6-8-10-16)20(15(3)23-18)24-13-22-4;1-3-2;1-2/h6-12,22-23H,2-3,5,13H2,1,4H3;1H,2H3;2H2,1H3/b17-11+,18-12+;;. The quantitative estimate of drug-likeness (QED) is 0.406. The molecule has 1 aromatic rings. The minimum Gasteiger partial charge on any atom is -0.355 e. The minimum absolute atomic E-state index is 0.806. The maximum atomic E-state index is 6.13. The third kappa shape index (κ3) is 8.81. The van der Waals surface area contributed by atoms with Crippen molar-refractivity contribution in [3.05, 3.63) is 88.1 Å². The number of allylic oxidation sites excluding steroid dienone is 4. The Hall–Kier alpha value is -2.16. The Morgan fingerprint density at radius 3 is 2.41 bits per heavy atom. The molecule has 0 fully saturated rings. The van der Waals surface area contributed by atoms with Crippen molar-refractivity contribution in [3.63, 3.8) is 0 Å². The van der Waals surface area contributed by atoms with Crippen molar-refractivity contribution >= 4 is 28.9 Å². The highest BCUT2D eigenvalue weighted by Gasteiger charge is 2.23. The molecule has 0 atom stereocenters. The summed E-state index contributed by atoms with van der Waals surface area (Å²) in [6.07, 6.45) is 9.29. The van der Waals surface area contributed by atoms with Gasteiger partial charge in [-0.1, -0.05) is 62.0 Å². The molecule has 29 heavy (non-hydrogen) atoms. The Bertz CT molecular complexity index is 799. The second-order valence-electron chi connectivity index (χ2n) is 5.63. The molecule has 0 spiro atoms. The molecule has 0 aliphatic carbocycles. The van der Waals surface area contributed by atoms with Crippen molar-refractivity contribution in [1.82, 2.24) is 10.6 Å². The Balaban J connectivity index is 0.00000143. The molecule has 0 bridgehead atoms. The second-order valence-corrected chi connectivity index (χ2v) is 7.10. The van der Waals surface area contributed by atoms with E-state index in [1.807, 2.05) is 44.3 Å². The summed E-state index contributed by atoms with van der Waals surface area (Å²) in [5, 5.41) is 7.34. The maximum absolute atomic E-state index is 6.13. The van der Waals surface area contributed by atoms with E-state index in [4.69, 9.17) is 11.6 Å². The van der Waals surface area contributed by atoms with Crippen molar-refractivity contribution < 1.29 is 0 Å². The third-order valence-corrected chi connectivity index (χ3v) is 5.17. The summed E-state index contributed by atoms with van der Waals surface area (Å²) < 4.78 is 0. The topological polar surface area (TPSA) is 50.1 Å². The molecule has 0 amide bonds. The van der Waals surface area contributed by atoms with E-state index in [1.165, 1.54) is 7.05 Å². The monoisotopic (exact) mass is 429 g/mol. The first-order valence-electron chi connectivity index (χ1n) is 9.24. The molecule has 1 aliphatic rings. The number of terminal acetylenes is 1. The van der Waals surface area contributed by atoms with Gasteiger partial charge in [0.05, 0.1) is 0 Å². The van der Waals surface area contributed by atoms with Crippen molar-refractivity contribution in [3.8, 4) is 12.3 Å². The Morgan fingerprint density at radius 2 is 1.90 bits per heavy atom. The predicted octanol–water partition coefficient (Wildman–Crippen LogP) is 5.61. The van der Waals surface area contributed by atoms with Gasteiger partial charge in [-0.2, -0.15) is 0 Å². The van der Waals surface area contributed by atoms with Crippen LogP contribution in [0.3, 0.4) is 0 Å². The van der Waals surface area contributed by atoms with Gasteiger partial charge in [0.1, 0.15) is 0 Å². The Morgan fingerprint density at radius 1 is 1.31 bits per heavy atom. The first-order valence-corrected chi connectivity index (χ1v) is 10.6. The Kier molecular flexibility index (Phi) is 14.6. The molecule has 0 saturated carbocycles. The van der Waals surface area contributed by atoms with Crippen LogP contribution < -0.4 is 16.4 Å². The molecule has 1 heterocycles. The number of nitrogens with two attached hydrogens (primary N) is 1. The van der Waals surface area contributed by atoms with Crippen molar-refractivity contribution in [2.24, 2.45) is 5.73 Å². The summed E-state index contributed by atoms with van der Waals surface area (Å²) in [5.41, 5.74) is 9.52. The van der Waals surface area contributed by atoms with E-state index in [0.29, 0.717) is 0 Å². The first kappa shape index (κ1) is 26.8. The van der Waals surface area contributed by atoms with Gasteiger partial charge in [-0.05, 0) is 50.7 Å². The zero-order valence-electron chi connectivity index (χ0n) is 17.8. The highest BCUT2D eigenvalue weighted by Crippen LogP contribution is 2.41. The van der Waals surface area contributed by atoms with E-state index in [1.54, 1.807) is 18.7 Å². The fraction of sp³-hybridized carbons (Fsp3) is 0.250. The van der Waals surface area contributed by atoms with Gasteiger partial charge in [0.2, 0.25) is 0 Å². The van der Waals surface area contributed by atoms with E-state index >= 15 is 0 Å². The molecule has 0 unspecified atom stereocenters. The zero-order chi connectivity index (χ0) is 22.2. The van der Waals surface area contributed by atoms with Crippen molar-refractivity contribution in [1.29, 1.82) is 0 Å². The number of nitrogens with one attached hydrogen (secondary N) is 2. The van der Waals surface area contributed by atoms with Gasteiger partial charge >= 0.3 is 0 Å². The van der Waals surface area contributed by atoms with Crippen LogP contribution in [-0.4, -0.2) is 20.0 Å². The lowest BCUT2D eigenvalue weighted by Crippen LogP contribution is -2.22. The number of hydrogen-bond acceptors (Lipinski definition) is 4. The fourth-order valence-corrected chi connectivity index (χ4v) is 3.33. The van der Waals surface area contributed by atoms with Crippen LogP contribution in [0.2, 0.25) is 0 Å². The summed E-state index contributed by atoms with van der Waals surface area (Å²) in [5.74, 6) is 3.06. The van der Waals surface area contributed by atoms with Crippen molar-refractivity contribution in [2.45, 2.75) is 20.3 Å². The van der Waals surface area contributed by atoms with Gasteiger partial charge in [-0.15, -0.1) is 24.1 Å². The number of hydrogen-bond donors (Lipinski definition) is 3. The van der Waals surface area contributed by atoms with Crippen molar-refractivity contribution in [2.75, 3.05) is 20.0 Å². The molecule has 2 rings (SSSR count). The summed E-state index contributed by atoms with van der Waals surface area (Å²) >= 11 is 7.85. The molecule has 156 valence electrons. The molecule has 1 aliphatic heterocycles. The minimum atomic E-state index is 0.806. The highest BCUT2D eigenvalue weighted by atomic mass is 35.5. The van der Waals surface area contributed by atoms with Gasteiger partial charge in [-0.3, -0.25) is 0 Å². The van der Waals surface area contributed by atoms with Crippen LogP contribution in [-0.2, 0) is 0 Å². The summed E-state index contributed by atoms with van der Waals surface area (Å²) in [7, 11) is 3.44. The molecule has 4 N–H and O–H groups in total. The lowest BCUT2D eigenvalue weighted by Gasteiger charge is -2.28. The van der Waals surface area contributed by atoms with Crippen LogP contribution in [0.15, 0.2) is 82.5 Å². The molecule has 5 heteroatoms. The molecule has 0 radical (unpaired) electrons. The van der Waals surface area contributed by atoms with Crippen LogP contribution in [0.25, 0.3) is 5.57 Å². The van der Waals surface area contributed by atoms with E-state index in [0.717, 1.165) is 50.3 Å². The van der Waals surface area contributed by atoms with Crippen LogP contribution >= 0.6 is 23.4 Å². The lowest BCUT2D eigenvalue weighted by molar-refractivity contribution is 0.978. The highest BCUT2D eigenvalue weighted by molar-refractivity contribution is 8.03. The average molecular weight is 430 g/mol. The molecule has 0 aromatic heterocycles. The number of thioether (sulfide) groups is 1. The summed E-state index contributed by atoms with van der Waals surface area (Å²) in [6, 6.07) is 10.3. The van der Waals surface area contributed by atoms with Gasteiger partial charge in [0.25, 0.3) is 0 Å². The van der Waals surface area contributed by atoms with E-state index in [2.05, 4.69) is 54.0 Å². The van der Waals surface area contributed by atoms with Crippen LogP contribution in [0.5, 0.6) is 0 Å². The van der Waals surface area contributed by atoms with Crippen LogP contribution in [0.1, 0.15) is 25.8 Å². The first-order chi connectivity index (χ1) is 14.0. The number of benzene rings is 1. The van der Waals surface area contributed by atoms with E-state index in [-0.39, 0.29) is 0 Å². The molecular formula is C24H32ClN3S. The summed E-state index contributed by atoms with van der Waals surface area (Å²) in [4.78, 5) is 1.11. The zero-order valence-corrected chi connectivity index (χ0v) is 19.4. The third-order valence-electron chi connectivity index (χ3n) is 3.61. The van der Waals surface area contributed by atoms with Gasteiger partial charge in [0, 0.05) is 32.8 Å². The van der Waals surface area contributed by atoms with Crippen LogP contribution in [0.4, 0.5) is 0 Å². The molecule has 3 nitrogen and oxygen atoms in total. The predicted molar refractivity (Wildman–Crippen MR) is 133 cm³/mol. The normalized spacial score (nSPS) is 14.9. The molecule has 1 aromatic carbocycles. The van der Waals surface area contributed by atoms with E-state index in [9.17, 15) is 0 Å². The number of halogens is 1. The van der Waals surface area contributed by atoms with Gasteiger partial charge < -0.3 is 16.4 Å². The Labute approximate surface area is 185 Å². The SMILES string of the molecule is C#CC.C=C1N/C(=C/C=C(/Cl)CC)C(=C)C(c2ccccc2)=C1SCNC.CN. The van der Waals surface area contributed by atoms with Gasteiger partial charge in [0.15, 0.2) is 0 Å². The molecular weight excluding hydrogens is 398 g/mol.